The van der Waals surface area contributed by atoms with Gasteiger partial charge in [0.15, 0.2) is 6.61 Å². The van der Waals surface area contributed by atoms with Crippen molar-refractivity contribution in [1.82, 2.24) is 9.29 Å². The molecule has 0 unspecified atom stereocenters. The number of hydrogen-bond donors (Lipinski definition) is 1. The van der Waals surface area contributed by atoms with Crippen molar-refractivity contribution in [3.05, 3.63) is 52.3 Å². The van der Waals surface area contributed by atoms with Gasteiger partial charge in [-0.2, -0.15) is 4.72 Å². The summed E-state index contributed by atoms with van der Waals surface area (Å²) in [5.41, 5.74) is 2.15. The van der Waals surface area contributed by atoms with E-state index >= 15 is 0 Å². The lowest BCUT2D eigenvalue weighted by Gasteiger charge is -2.13. The topological polar surface area (TPSA) is 94.5 Å². The lowest BCUT2D eigenvalue weighted by atomic mass is 10.1. The van der Waals surface area contributed by atoms with Gasteiger partial charge in [-0.05, 0) is 51.1 Å². The number of esters is 1. The third-order valence-electron chi connectivity index (χ3n) is 4.23. The van der Waals surface area contributed by atoms with Crippen LogP contribution in [-0.2, 0) is 26.6 Å². The van der Waals surface area contributed by atoms with E-state index in [1.165, 1.54) is 31.2 Å². The minimum Gasteiger partial charge on any atom is -0.456 e. The molecule has 1 atom stereocenters. The second kappa shape index (κ2) is 8.24. The zero-order valence-corrected chi connectivity index (χ0v) is 17.0. The van der Waals surface area contributed by atoms with Crippen molar-refractivity contribution < 1.29 is 22.7 Å². The normalized spacial score (nSPS) is 12.6. The van der Waals surface area contributed by atoms with Crippen molar-refractivity contribution in [2.45, 2.75) is 31.7 Å². The van der Waals surface area contributed by atoms with Gasteiger partial charge in [0.25, 0.3) is 0 Å². The van der Waals surface area contributed by atoms with Crippen molar-refractivity contribution >= 4 is 33.4 Å². The molecule has 1 N–H and O–H groups in total. The quantitative estimate of drug-likeness (QED) is 0.556. The number of ketones is 1. The minimum atomic E-state index is -3.92. The monoisotopic (exact) mass is 412 g/mol. The molecular weight excluding hydrogens is 392 g/mol. The average molecular weight is 413 g/mol. The second-order valence-electron chi connectivity index (χ2n) is 6.17. The van der Waals surface area contributed by atoms with Crippen LogP contribution in [-0.4, -0.2) is 37.4 Å². The van der Waals surface area contributed by atoms with Crippen LogP contribution in [0.3, 0.4) is 0 Å². The van der Waals surface area contributed by atoms with E-state index in [1.807, 2.05) is 18.5 Å². The Morgan fingerprint density at radius 1 is 1.22 bits per heavy atom. The number of nitrogens with one attached hydrogen (secondary N) is 1. The molecule has 7 nitrogen and oxygen atoms in total. The largest absolute Gasteiger partial charge is 0.456 e. The molecule has 0 radical (unpaired) electrons. The molecule has 0 fully saturated rings. The molecule has 2 rings (SSSR count). The first kappa shape index (κ1) is 21.1. The number of Topliss-reactive ketones (excluding diaryl/α,β-unsaturated/α-hetero) is 1. The van der Waals surface area contributed by atoms with Crippen molar-refractivity contribution in [2.24, 2.45) is 7.05 Å². The molecule has 146 valence electrons. The van der Waals surface area contributed by atoms with Gasteiger partial charge in [-0.25, -0.2) is 8.42 Å². The zero-order chi connectivity index (χ0) is 20.4. The number of halogens is 1. The van der Waals surface area contributed by atoms with E-state index in [-0.39, 0.29) is 10.7 Å². The molecule has 1 heterocycles. The molecule has 9 heteroatoms. The third-order valence-corrected chi connectivity index (χ3v) is 6.04. The summed E-state index contributed by atoms with van der Waals surface area (Å²) in [6, 6.07) is 6.08. The summed E-state index contributed by atoms with van der Waals surface area (Å²) >= 11 is 5.74. The van der Waals surface area contributed by atoms with E-state index in [2.05, 4.69) is 4.72 Å². The summed E-state index contributed by atoms with van der Waals surface area (Å²) in [7, 11) is -2.08. The number of aryl methyl sites for hydroxylation is 1. The third kappa shape index (κ3) is 4.97. The molecule has 0 amide bonds. The van der Waals surface area contributed by atoms with Crippen molar-refractivity contribution in [3.63, 3.8) is 0 Å². The molecule has 0 saturated carbocycles. The van der Waals surface area contributed by atoms with Crippen LogP contribution >= 0.6 is 11.6 Å². The van der Waals surface area contributed by atoms with E-state index in [1.54, 1.807) is 13.0 Å². The van der Waals surface area contributed by atoms with Crippen LogP contribution < -0.4 is 4.72 Å². The number of sulfonamides is 1. The maximum atomic E-state index is 12.3. The summed E-state index contributed by atoms with van der Waals surface area (Å²) in [5.74, 6) is -1.19. The fourth-order valence-electron chi connectivity index (χ4n) is 2.44. The standard InChI is InChI=1S/C18H21ClN2O5S/c1-11-9-16(13(3)21(11)4)17(22)10-26-18(23)12(2)20-27(24,25)15-7-5-14(19)6-8-15/h5-9,12,20H,10H2,1-4H3/t12-/m0/s1. The zero-order valence-electron chi connectivity index (χ0n) is 15.4. The van der Waals surface area contributed by atoms with Crippen LogP contribution in [0.25, 0.3) is 0 Å². The maximum Gasteiger partial charge on any atom is 0.324 e. The Morgan fingerprint density at radius 2 is 1.81 bits per heavy atom. The molecule has 0 saturated heterocycles. The molecule has 0 aliphatic heterocycles. The van der Waals surface area contributed by atoms with Gasteiger partial charge in [0.05, 0.1) is 4.90 Å². The van der Waals surface area contributed by atoms with Gasteiger partial charge in [-0.1, -0.05) is 11.6 Å². The Bertz CT molecular complexity index is 964. The number of carbonyl (C=O) groups is 2. The Hall–Kier alpha value is -2.16. The number of rotatable bonds is 7. The van der Waals surface area contributed by atoms with Crippen LogP contribution in [0, 0.1) is 13.8 Å². The minimum absolute atomic E-state index is 0.0296. The number of carbonyl (C=O) groups excluding carboxylic acids is 2. The predicted molar refractivity (Wildman–Crippen MR) is 101 cm³/mol. The van der Waals surface area contributed by atoms with Crippen molar-refractivity contribution in [1.29, 1.82) is 0 Å². The molecule has 0 aliphatic rings. The smallest absolute Gasteiger partial charge is 0.324 e. The van der Waals surface area contributed by atoms with E-state index in [9.17, 15) is 18.0 Å². The summed E-state index contributed by atoms with van der Waals surface area (Å²) in [6.07, 6.45) is 0. The van der Waals surface area contributed by atoms with Crippen molar-refractivity contribution in [3.8, 4) is 0 Å². The lowest BCUT2D eigenvalue weighted by Crippen LogP contribution is -2.40. The SMILES string of the molecule is Cc1cc(C(=O)COC(=O)[C@H](C)NS(=O)(=O)c2ccc(Cl)cc2)c(C)n1C. The number of ether oxygens (including phenoxy) is 1. The van der Waals surface area contributed by atoms with Crippen LogP contribution in [0.1, 0.15) is 28.7 Å². The second-order valence-corrected chi connectivity index (χ2v) is 8.32. The van der Waals surface area contributed by atoms with Gasteiger partial charge < -0.3 is 9.30 Å². The highest BCUT2D eigenvalue weighted by Crippen LogP contribution is 2.15. The molecule has 1 aromatic carbocycles. The van der Waals surface area contributed by atoms with Gasteiger partial charge in [0.1, 0.15) is 6.04 Å². The summed E-state index contributed by atoms with van der Waals surface area (Å²) in [4.78, 5) is 24.3. The summed E-state index contributed by atoms with van der Waals surface area (Å²) in [6.45, 7) is 4.54. The highest BCUT2D eigenvalue weighted by Gasteiger charge is 2.24. The number of nitrogens with zero attached hydrogens (tertiary/aromatic N) is 1. The van der Waals surface area contributed by atoms with E-state index in [4.69, 9.17) is 16.3 Å². The highest BCUT2D eigenvalue weighted by atomic mass is 35.5. The first-order valence-electron chi connectivity index (χ1n) is 8.13. The van der Waals surface area contributed by atoms with Crippen LogP contribution in [0.5, 0.6) is 0 Å². The maximum absolute atomic E-state index is 12.3. The Balaban J connectivity index is 1.98. The van der Waals surface area contributed by atoms with Gasteiger partial charge >= 0.3 is 5.97 Å². The van der Waals surface area contributed by atoms with Crippen molar-refractivity contribution in [2.75, 3.05) is 6.61 Å². The van der Waals surface area contributed by atoms with E-state index in [0.717, 1.165) is 11.4 Å². The van der Waals surface area contributed by atoms with Gasteiger partial charge in [0, 0.05) is 29.0 Å². The van der Waals surface area contributed by atoms with Gasteiger partial charge in [-0.15, -0.1) is 0 Å². The first-order valence-corrected chi connectivity index (χ1v) is 9.99. The highest BCUT2D eigenvalue weighted by molar-refractivity contribution is 7.89. The molecule has 1 aromatic heterocycles. The molecule has 27 heavy (non-hydrogen) atoms. The summed E-state index contributed by atoms with van der Waals surface area (Å²) < 4.78 is 33.6. The Morgan fingerprint density at radius 3 is 2.33 bits per heavy atom. The number of hydrogen-bond acceptors (Lipinski definition) is 5. The number of aromatic nitrogens is 1. The van der Waals surface area contributed by atoms with E-state index in [0.29, 0.717) is 10.6 Å². The fourth-order valence-corrected chi connectivity index (χ4v) is 3.76. The molecular formula is C18H21ClN2O5S. The molecule has 0 spiro atoms. The lowest BCUT2D eigenvalue weighted by molar-refractivity contribution is -0.144. The number of benzene rings is 1. The van der Waals surface area contributed by atoms with Crippen LogP contribution in [0.4, 0.5) is 0 Å². The van der Waals surface area contributed by atoms with Crippen LogP contribution in [0.15, 0.2) is 35.2 Å². The van der Waals surface area contributed by atoms with E-state index < -0.39 is 28.6 Å². The Labute approximate surface area is 163 Å². The van der Waals surface area contributed by atoms with Crippen LogP contribution in [0.2, 0.25) is 5.02 Å². The fraction of sp³-hybridized carbons (Fsp3) is 0.333. The summed E-state index contributed by atoms with van der Waals surface area (Å²) in [5, 5.41) is 0.395. The molecule has 2 aromatic rings. The predicted octanol–water partition coefficient (Wildman–Crippen LogP) is 2.39. The average Bonchev–Trinajstić information content (AvgIpc) is 2.86. The molecule has 0 bridgehead atoms. The Kier molecular flexibility index (Phi) is 6.46. The van der Waals surface area contributed by atoms with Gasteiger partial charge in [-0.3, -0.25) is 9.59 Å². The van der Waals surface area contributed by atoms with Gasteiger partial charge in [0.2, 0.25) is 15.8 Å². The first-order chi connectivity index (χ1) is 12.5. The molecule has 0 aliphatic carbocycles.